The van der Waals surface area contributed by atoms with Gasteiger partial charge in [0.15, 0.2) is 11.6 Å². The first-order chi connectivity index (χ1) is 13.6. The lowest BCUT2D eigenvalue weighted by molar-refractivity contribution is -0.135. The zero-order valence-corrected chi connectivity index (χ0v) is 17.0. The van der Waals surface area contributed by atoms with Crippen molar-refractivity contribution in [2.75, 3.05) is 5.43 Å². The number of amides is 2. The lowest BCUT2D eigenvalue weighted by atomic mass is 10.2. The van der Waals surface area contributed by atoms with Gasteiger partial charge in [0.1, 0.15) is 4.83 Å². The standard InChI is InChI=1S/C19H12N4O2S3/c1-10-8-14(24)23(19(10)25)22-17-15-11(12-4-2-6-26-12)9-28-18(15)21-16(20-17)13-5-3-7-27-13/h2-9H,1H3,(H,20,21,22). The van der Waals surface area contributed by atoms with Crippen molar-refractivity contribution in [1.82, 2.24) is 15.0 Å². The number of hydrazine groups is 1. The monoisotopic (exact) mass is 424 g/mol. The van der Waals surface area contributed by atoms with Crippen LogP contribution in [0.25, 0.3) is 31.4 Å². The molecule has 0 radical (unpaired) electrons. The molecular weight excluding hydrogens is 412 g/mol. The molecule has 2 amide bonds. The quantitative estimate of drug-likeness (QED) is 0.477. The molecule has 6 nitrogen and oxygen atoms in total. The average molecular weight is 425 g/mol. The third-order valence-corrected chi connectivity index (χ3v) is 6.92. The number of hydrogen-bond donors (Lipinski definition) is 1. The number of nitrogens with zero attached hydrogens (tertiary/aromatic N) is 3. The molecule has 5 heterocycles. The predicted molar refractivity (Wildman–Crippen MR) is 113 cm³/mol. The number of aromatic nitrogens is 2. The third kappa shape index (κ3) is 2.75. The Labute approximate surface area is 171 Å². The first kappa shape index (κ1) is 17.2. The van der Waals surface area contributed by atoms with Gasteiger partial charge in [-0.3, -0.25) is 15.0 Å². The molecule has 0 aromatic carbocycles. The van der Waals surface area contributed by atoms with Crippen LogP contribution >= 0.6 is 34.0 Å². The highest BCUT2D eigenvalue weighted by Crippen LogP contribution is 2.40. The van der Waals surface area contributed by atoms with Crippen LogP contribution in [0.2, 0.25) is 0 Å². The fourth-order valence-electron chi connectivity index (χ4n) is 2.95. The van der Waals surface area contributed by atoms with Crippen molar-refractivity contribution in [3.8, 4) is 21.1 Å². The van der Waals surface area contributed by atoms with Gasteiger partial charge >= 0.3 is 0 Å². The Bertz CT molecular complexity index is 1240. The van der Waals surface area contributed by atoms with Crippen LogP contribution in [0, 0.1) is 0 Å². The van der Waals surface area contributed by atoms with E-state index in [0.717, 1.165) is 30.5 Å². The number of carbonyl (C=O) groups excluding carboxylic acids is 2. The van der Waals surface area contributed by atoms with Gasteiger partial charge in [-0.25, -0.2) is 9.97 Å². The van der Waals surface area contributed by atoms with Crippen molar-refractivity contribution in [3.05, 3.63) is 52.1 Å². The Morgan fingerprint density at radius 1 is 1.00 bits per heavy atom. The molecule has 1 aliphatic heterocycles. The summed E-state index contributed by atoms with van der Waals surface area (Å²) in [5, 5.41) is 7.81. The number of anilines is 1. The molecule has 0 bridgehead atoms. The maximum atomic E-state index is 12.4. The molecule has 4 aromatic rings. The molecule has 1 aliphatic rings. The molecule has 0 saturated heterocycles. The number of carbonyl (C=O) groups is 2. The van der Waals surface area contributed by atoms with Crippen LogP contribution in [-0.2, 0) is 9.59 Å². The Hall–Kier alpha value is -2.88. The van der Waals surface area contributed by atoms with Crippen molar-refractivity contribution in [2.24, 2.45) is 0 Å². The van der Waals surface area contributed by atoms with E-state index in [9.17, 15) is 9.59 Å². The van der Waals surface area contributed by atoms with Crippen molar-refractivity contribution in [3.63, 3.8) is 0 Å². The molecule has 0 saturated carbocycles. The van der Waals surface area contributed by atoms with Crippen molar-refractivity contribution in [2.45, 2.75) is 6.92 Å². The molecular formula is C19H12N4O2S3. The molecule has 5 rings (SSSR count). The van der Waals surface area contributed by atoms with E-state index >= 15 is 0 Å². The summed E-state index contributed by atoms with van der Waals surface area (Å²) in [4.78, 5) is 36.8. The highest BCUT2D eigenvalue weighted by atomic mass is 32.1. The number of thiophene rings is 3. The van der Waals surface area contributed by atoms with Crippen molar-refractivity contribution < 1.29 is 9.59 Å². The predicted octanol–water partition coefficient (Wildman–Crippen LogP) is 4.79. The van der Waals surface area contributed by atoms with E-state index in [1.807, 2.05) is 40.4 Å². The summed E-state index contributed by atoms with van der Waals surface area (Å²) >= 11 is 4.67. The van der Waals surface area contributed by atoms with Gasteiger partial charge in [-0.15, -0.1) is 34.0 Å². The molecule has 0 fully saturated rings. The van der Waals surface area contributed by atoms with Crippen LogP contribution < -0.4 is 5.43 Å². The lowest BCUT2D eigenvalue weighted by Gasteiger charge is -2.17. The van der Waals surface area contributed by atoms with Gasteiger partial charge in [0, 0.05) is 27.5 Å². The summed E-state index contributed by atoms with van der Waals surface area (Å²) in [6.07, 6.45) is 1.32. The summed E-state index contributed by atoms with van der Waals surface area (Å²) in [6.45, 7) is 1.62. The van der Waals surface area contributed by atoms with Gasteiger partial charge in [-0.1, -0.05) is 12.1 Å². The first-order valence-corrected chi connectivity index (χ1v) is 11.0. The van der Waals surface area contributed by atoms with E-state index in [0.29, 0.717) is 17.2 Å². The Balaban J connectivity index is 1.69. The van der Waals surface area contributed by atoms with E-state index in [2.05, 4.69) is 10.4 Å². The fraction of sp³-hybridized carbons (Fsp3) is 0.0526. The van der Waals surface area contributed by atoms with Gasteiger partial charge in [-0.2, -0.15) is 5.01 Å². The highest BCUT2D eigenvalue weighted by molar-refractivity contribution is 7.18. The normalized spacial score (nSPS) is 14.2. The minimum Gasteiger partial charge on any atom is -0.271 e. The second-order valence-electron chi connectivity index (χ2n) is 6.10. The minimum atomic E-state index is -0.403. The van der Waals surface area contributed by atoms with Crippen LogP contribution in [0.15, 0.2) is 52.1 Å². The zero-order valence-electron chi connectivity index (χ0n) is 14.5. The molecule has 0 spiro atoms. The zero-order chi connectivity index (χ0) is 19.3. The molecule has 4 aromatic heterocycles. The highest BCUT2D eigenvalue weighted by Gasteiger charge is 2.30. The van der Waals surface area contributed by atoms with E-state index in [-0.39, 0.29) is 5.91 Å². The minimum absolute atomic E-state index is 0.373. The third-order valence-electron chi connectivity index (χ3n) is 4.28. The maximum Gasteiger partial charge on any atom is 0.275 e. The summed E-state index contributed by atoms with van der Waals surface area (Å²) in [5.41, 5.74) is 4.33. The number of fused-ring (bicyclic) bond motifs is 1. The summed E-state index contributed by atoms with van der Waals surface area (Å²) in [5.74, 6) is 0.235. The molecule has 0 unspecified atom stereocenters. The summed E-state index contributed by atoms with van der Waals surface area (Å²) < 4.78 is 0. The lowest BCUT2D eigenvalue weighted by Crippen LogP contribution is -2.36. The Kier molecular flexibility index (Phi) is 4.08. The second kappa shape index (κ2) is 6.62. The van der Waals surface area contributed by atoms with Gasteiger partial charge in [-0.05, 0) is 29.8 Å². The van der Waals surface area contributed by atoms with Crippen molar-refractivity contribution in [1.29, 1.82) is 0 Å². The number of imide groups is 1. The summed E-state index contributed by atoms with van der Waals surface area (Å²) in [6, 6.07) is 7.90. The average Bonchev–Trinajstić information content (AvgIpc) is 3.46. The van der Waals surface area contributed by atoms with Gasteiger partial charge in [0.2, 0.25) is 0 Å². The molecule has 28 heavy (non-hydrogen) atoms. The Morgan fingerprint density at radius 3 is 2.39 bits per heavy atom. The van der Waals surface area contributed by atoms with Crippen molar-refractivity contribution >= 4 is 61.9 Å². The largest absolute Gasteiger partial charge is 0.275 e. The van der Waals surface area contributed by atoms with E-state index in [1.54, 1.807) is 18.3 Å². The van der Waals surface area contributed by atoms with Gasteiger partial charge in [0.25, 0.3) is 11.8 Å². The number of hydrogen-bond acceptors (Lipinski definition) is 8. The first-order valence-electron chi connectivity index (χ1n) is 8.32. The van der Waals surface area contributed by atoms with Crippen LogP contribution in [0.4, 0.5) is 5.82 Å². The smallest absolute Gasteiger partial charge is 0.271 e. The number of nitrogens with one attached hydrogen (secondary N) is 1. The van der Waals surface area contributed by atoms with E-state index in [4.69, 9.17) is 4.98 Å². The molecule has 0 atom stereocenters. The van der Waals surface area contributed by atoms with Crippen LogP contribution in [0.3, 0.4) is 0 Å². The second-order valence-corrected chi connectivity index (χ2v) is 8.85. The number of rotatable bonds is 4. The molecule has 9 heteroatoms. The Morgan fingerprint density at radius 2 is 1.75 bits per heavy atom. The van der Waals surface area contributed by atoms with Gasteiger partial charge < -0.3 is 0 Å². The van der Waals surface area contributed by atoms with Crippen LogP contribution in [-0.4, -0.2) is 26.8 Å². The molecule has 0 aliphatic carbocycles. The molecule has 138 valence electrons. The maximum absolute atomic E-state index is 12.4. The van der Waals surface area contributed by atoms with E-state index in [1.165, 1.54) is 28.7 Å². The topological polar surface area (TPSA) is 75.2 Å². The summed E-state index contributed by atoms with van der Waals surface area (Å²) in [7, 11) is 0. The fourth-order valence-corrected chi connectivity index (χ4v) is 5.37. The SMILES string of the molecule is CC1=CC(=O)N(Nc2nc(-c3cccs3)nc3scc(-c4cccs4)c23)C1=O. The van der Waals surface area contributed by atoms with Gasteiger partial charge in [0.05, 0.1) is 10.3 Å². The van der Waals surface area contributed by atoms with Crippen LogP contribution in [0.5, 0.6) is 0 Å². The van der Waals surface area contributed by atoms with Crippen LogP contribution in [0.1, 0.15) is 6.92 Å². The van der Waals surface area contributed by atoms with E-state index < -0.39 is 5.91 Å². The molecule has 1 N–H and O–H groups in total.